The zero-order valence-electron chi connectivity index (χ0n) is 11.1. The molecule has 0 atom stereocenters. The van der Waals surface area contributed by atoms with E-state index in [-0.39, 0.29) is 5.91 Å². The predicted octanol–water partition coefficient (Wildman–Crippen LogP) is 0.317. The number of amides is 1. The molecule has 0 unspecified atom stereocenters. The van der Waals surface area contributed by atoms with Crippen LogP contribution in [-0.4, -0.2) is 61.8 Å². The van der Waals surface area contributed by atoms with Gasteiger partial charge in [-0.2, -0.15) is 19.8 Å². The molecule has 1 N–H and O–H groups in total. The molecular weight excluding hydrogens is 278 g/mol. The summed E-state index contributed by atoms with van der Waals surface area (Å²) in [6.07, 6.45) is 2.36. The van der Waals surface area contributed by atoms with Crippen LogP contribution in [0.25, 0.3) is 0 Å². The standard InChI is InChI=1S/C11H15N7OS/c1-8-13-11(20-15-8)18-4-2-3-17(5-6-18)10(19)9-7-12-16-14-9/h7H,2-6H2,1H3,(H,12,14,16). The van der Waals surface area contributed by atoms with E-state index in [0.29, 0.717) is 12.2 Å². The number of carbonyl (C=O) groups excluding carboxylic acids is 1. The van der Waals surface area contributed by atoms with Crippen LogP contribution in [0.4, 0.5) is 5.13 Å². The number of nitrogens with zero attached hydrogens (tertiary/aromatic N) is 6. The molecule has 1 fully saturated rings. The first kappa shape index (κ1) is 13.0. The lowest BCUT2D eigenvalue weighted by Crippen LogP contribution is -2.35. The molecule has 2 aromatic heterocycles. The summed E-state index contributed by atoms with van der Waals surface area (Å²) < 4.78 is 4.20. The largest absolute Gasteiger partial charge is 0.345 e. The molecule has 0 aliphatic carbocycles. The first-order valence-electron chi connectivity index (χ1n) is 6.44. The summed E-state index contributed by atoms with van der Waals surface area (Å²) in [4.78, 5) is 20.6. The first-order chi connectivity index (χ1) is 9.74. The molecule has 1 aliphatic heterocycles. The summed E-state index contributed by atoms with van der Waals surface area (Å²) in [6, 6.07) is 0. The molecule has 1 saturated heterocycles. The second kappa shape index (κ2) is 5.53. The number of hydrogen-bond acceptors (Lipinski definition) is 7. The van der Waals surface area contributed by atoms with Gasteiger partial charge >= 0.3 is 0 Å². The van der Waals surface area contributed by atoms with E-state index in [0.717, 1.165) is 37.0 Å². The maximum atomic E-state index is 12.2. The van der Waals surface area contributed by atoms with Crippen molar-refractivity contribution in [1.29, 1.82) is 0 Å². The van der Waals surface area contributed by atoms with Gasteiger partial charge in [0.1, 0.15) is 5.82 Å². The second-order valence-corrected chi connectivity index (χ2v) is 5.34. The number of rotatable bonds is 2. The van der Waals surface area contributed by atoms with Gasteiger partial charge in [-0.25, -0.2) is 4.98 Å². The SMILES string of the molecule is Cc1nsc(N2CCCN(C(=O)c3cn[nH]n3)CC2)n1. The Balaban J connectivity index is 1.66. The van der Waals surface area contributed by atoms with Crippen molar-refractivity contribution in [2.24, 2.45) is 0 Å². The number of hydrogen-bond donors (Lipinski definition) is 1. The predicted molar refractivity (Wildman–Crippen MR) is 73.8 cm³/mol. The molecule has 2 aromatic rings. The molecule has 8 nitrogen and oxygen atoms in total. The molecule has 0 radical (unpaired) electrons. The highest BCUT2D eigenvalue weighted by molar-refractivity contribution is 7.09. The molecule has 1 amide bonds. The van der Waals surface area contributed by atoms with Crippen LogP contribution in [0.1, 0.15) is 22.7 Å². The fourth-order valence-corrected chi connectivity index (χ4v) is 2.92. The molecule has 3 heterocycles. The Hall–Kier alpha value is -2.03. The molecule has 9 heteroatoms. The van der Waals surface area contributed by atoms with Gasteiger partial charge in [-0.15, -0.1) is 0 Å². The van der Waals surface area contributed by atoms with Crippen molar-refractivity contribution < 1.29 is 4.79 Å². The molecular formula is C11H15N7OS. The normalized spacial score (nSPS) is 16.2. The fraction of sp³-hybridized carbons (Fsp3) is 0.545. The molecule has 0 bridgehead atoms. The van der Waals surface area contributed by atoms with Crippen LogP contribution in [0, 0.1) is 6.92 Å². The van der Waals surface area contributed by atoms with E-state index in [9.17, 15) is 4.79 Å². The molecule has 0 aromatic carbocycles. The summed E-state index contributed by atoms with van der Waals surface area (Å²) in [7, 11) is 0. The zero-order chi connectivity index (χ0) is 13.9. The highest BCUT2D eigenvalue weighted by Gasteiger charge is 2.23. The Kier molecular flexibility index (Phi) is 3.59. The number of nitrogens with one attached hydrogen (secondary N) is 1. The van der Waals surface area contributed by atoms with E-state index in [2.05, 4.69) is 29.7 Å². The monoisotopic (exact) mass is 293 g/mol. The van der Waals surface area contributed by atoms with Gasteiger partial charge in [-0.3, -0.25) is 4.79 Å². The third-order valence-electron chi connectivity index (χ3n) is 3.20. The molecule has 0 spiro atoms. The van der Waals surface area contributed by atoms with Crippen molar-refractivity contribution in [3.05, 3.63) is 17.7 Å². The summed E-state index contributed by atoms with van der Waals surface area (Å²) in [5.41, 5.74) is 0.366. The minimum atomic E-state index is -0.0750. The lowest BCUT2D eigenvalue weighted by Gasteiger charge is -2.20. The number of aromatic amines is 1. The van der Waals surface area contributed by atoms with Crippen molar-refractivity contribution in [3.63, 3.8) is 0 Å². The van der Waals surface area contributed by atoms with Gasteiger partial charge in [0, 0.05) is 37.7 Å². The average Bonchev–Trinajstić information content (AvgIpc) is 3.05. The number of H-pyrrole nitrogens is 1. The highest BCUT2D eigenvalue weighted by atomic mass is 32.1. The molecule has 106 valence electrons. The maximum Gasteiger partial charge on any atom is 0.276 e. The Bertz CT molecular complexity index is 581. The minimum Gasteiger partial charge on any atom is -0.345 e. The second-order valence-electron chi connectivity index (χ2n) is 4.61. The zero-order valence-corrected chi connectivity index (χ0v) is 11.9. The van der Waals surface area contributed by atoms with Gasteiger partial charge in [-0.1, -0.05) is 0 Å². The van der Waals surface area contributed by atoms with Gasteiger partial charge in [0.15, 0.2) is 5.69 Å². The topological polar surface area (TPSA) is 90.9 Å². The van der Waals surface area contributed by atoms with E-state index in [1.807, 2.05) is 11.8 Å². The molecule has 1 aliphatic rings. The minimum absolute atomic E-state index is 0.0750. The van der Waals surface area contributed by atoms with Gasteiger partial charge in [0.2, 0.25) is 5.13 Å². The Morgan fingerprint density at radius 2 is 2.25 bits per heavy atom. The third kappa shape index (κ3) is 2.62. The van der Waals surface area contributed by atoms with Gasteiger partial charge in [0.05, 0.1) is 6.20 Å². The summed E-state index contributed by atoms with van der Waals surface area (Å²) in [5.74, 6) is 0.721. The van der Waals surface area contributed by atoms with E-state index >= 15 is 0 Å². The van der Waals surface area contributed by atoms with Crippen LogP contribution >= 0.6 is 11.5 Å². The lowest BCUT2D eigenvalue weighted by molar-refractivity contribution is 0.0761. The molecule has 0 saturated carbocycles. The Morgan fingerprint density at radius 1 is 1.35 bits per heavy atom. The van der Waals surface area contributed by atoms with Crippen molar-refractivity contribution in [1.82, 2.24) is 29.7 Å². The summed E-state index contributed by atoms with van der Waals surface area (Å²) in [6.45, 7) is 4.91. The van der Waals surface area contributed by atoms with Crippen LogP contribution in [0.2, 0.25) is 0 Å². The van der Waals surface area contributed by atoms with Crippen molar-refractivity contribution in [2.75, 3.05) is 31.1 Å². The lowest BCUT2D eigenvalue weighted by atomic mass is 10.3. The van der Waals surface area contributed by atoms with E-state index < -0.39 is 0 Å². The molecule has 20 heavy (non-hydrogen) atoms. The third-order valence-corrected chi connectivity index (χ3v) is 4.07. The number of anilines is 1. The number of carbonyl (C=O) groups is 1. The van der Waals surface area contributed by atoms with Crippen molar-refractivity contribution in [3.8, 4) is 0 Å². The summed E-state index contributed by atoms with van der Waals surface area (Å²) in [5, 5.41) is 10.9. The van der Waals surface area contributed by atoms with Gasteiger partial charge < -0.3 is 9.80 Å². The maximum absolute atomic E-state index is 12.2. The van der Waals surface area contributed by atoms with Crippen molar-refractivity contribution >= 4 is 22.6 Å². The van der Waals surface area contributed by atoms with E-state index in [1.54, 1.807) is 0 Å². The van der Waals surface area contributed by atoms with E-state index in [1.165, 1.54) is 17.7 Å². The average molecular weight is 293 g/mol. The quantitative estimate of drug-likeness (QED) is 0.857. The molecule has 3 rings (SSSR count). The first-order valence-corrected chi connectivity index (χ1v) is 7.21. The van der Waals surface area contributed by atoms with Crippen molar-refractivity contribution in [2.45, 2.75) is 13.3 Å². The number of aryl methyl sites for hydroxylation is 1. The summed E-state index contributed by atoms with van der Waals surface area (Å²) >= 11 is 1.41. The van der Waals surface area contributed by atoms with Crippen LogP contribution in [0.3, 0.4) is 0 Å². The van der Waals surface area contributed by atoms with Gasteiger partial charge in [-0.05, 0) is 13.3 Å². The van der Waals surface area contributed by atoms with Crippen LogP contribution in [0.5, 0.6) is 0 Å². The van der Waals surface area contributed by atoms with E-state index in [4.69, 9.17) is 0 Å². The van der Waals surface area contributed by atoms with Crippen LogP contribution < -0.4 is 4.90 Å². The Morgan fingerprint density at radius 3 is 2.95 bits per heavy atom. The smallest absolute Gasteiger partial charge is 0.276 e. The number of aromatic nitrogens is 5. The highest BCUT2D eigenvalue weighted by Crippen LogP contribution is 2.19. The Labute approximate surface area is 120 Å². The van der Waals surface area contributed by atoms with Crippen LogP contribution in [0.15, 0.2) is 6.20 Å². The van der Waals surface area contributed by atoms with Crippen LogP contribution in [-0.2, 0) is 0 Å². The van der Waals surface area contributed by atoms with Gasteiger partial charge in [0.25, 0.3) is 5.91 Å². The fourth-order valence-electron chi connectivity index (χ4n) is 2.19.